The highest BCUT2D eigenvalue weighted by atomic mass is 32.1. The highest BCUT2D eigenvalue weighted by Gasteiger charge is 2.05. The zero-order valence-electron chi connectivity index (χ0n) is 16.7. The number of rotatable bonds is 13. The maximum atomic E-state index is 12.6. The zero-order chi connectivity index (χ0) is 20.2. The molecule has 2 N–H and O–H groups in total. The molecule has 154 valence electrons. The van der Waals surface area contributed by atoms with E-state index in [1.807, 2.05) is 18.2 Å². The molecule has 1 aromatic heterocycles. The minimum absolute atomic E-state index is 0.0572. The standard InChI is InChI=1S/C21H31N3O3S/c1-2-3-15-27-16-9-13-22-19(25)12-5-4-8-14-24-20(26)17-10-6-7-11-18(17)23-21(24)28/h6-7,10-11H,2-5,8-9,12-16H2,1H3,(H,22,25)(H,23,28). The maximum absolute atomic E-state index is 12.6. The van der Waals surface area contributed by atoms with E-state index in [0.29, 0.717) is 36.3 Å². The molecule has 6 nitrogen and oxygen atoms in total. The topological polar surface area (TPSA) is 76.1 Å². The normalized spacial score (nSPS) is 11.0. The summed E-state index contributed by atoms with van der Waals surface area (Å²) < 4.78 is 7.52. The summed E-state index contributed by atoms with van der Waals surface area (Å²) in [5.41, 5.74) is 0.708. The van der Waals surface area contributed by atoms with E-state index >= 15 is 0 Å². The van der Waals surface area contributed by atoms with Crippen molar-refractivity contribution >= 4 is 29.0 Å². The van der Waals surface area contributed by atoms with E-state index in [2.05, 4.69) is 17.2 Å². The van der Waals surface area contributed by atoms with Gasteiger partial charge in [-0.15, -0.1) is 0 Å². The van der Waals surface area contributed by atoms with E-state index in [1.54, 1.807) is 10.6 Å². The maximum Gasteiger partial charge on any atom is 0.262 e. The van der Waals surface area contributed by atoms with Crippen LogP contribution in [-0.4, -0.2) is 35.2 Å². The van der Waals surface area contributed by atoms with E-state index in [0.717, 1.165) is 50.6 Å². The summed E-state index contributed by atoms with van der Waals surface area (Å²) in [6, 6.07) is 7.38. The van der Waals surface area contributed by atoms with Crippen LogP contribution in [0.25, 0.3) is 10.9 Å². The van der Waals surface area contributed by atoms with Crippen molar-refractivity contribution in [3.05, 3.63) is 39.4 Å². The van der Waals surface area contributed by atoms with Gasteiger partial charge in [0.1, 0.15) is 0 Å². The molecule has 0 aliphatic rings. The average Bonchev–Trinajstić information content (AvgIpc) is 2.69. The first-order valence-electron chi connectivity index (χ1n) is 10.2. The average molecular weight is 406 g/mol. The van der Waals surface area contributed by atoms with E-state index < -0.39 is 0 Å². The number of nitrogens with zero attached hydrogens (tertiary/aromatic N) is 1. The number of amides is 1. The Bertz CT molecular complexity index is 860. The van der Waals surface area contributed by atoms with E-state index in [4.69, 9.17) is 17.0 Å². The zero-order valence-corrected chi connectivity index (χ0v) is 17.5. The molecule has 0 bridgehead atoms. The van der Waals surface area contributed by atoms with Gasteiger partial charge in [0, 0.05) is 32.7 Å². The fourth-order valence-electron chi connectivity index (χ4n) is 2.97. The highest BCUT2D eigenvalue weighted by Crippen LogP contribution is 2.07. The Morgan fingerprint density at radius 1 is 1.14 bits per heavy atom. The molecule has 1 amide bonds. The number of hydrogen-bond donors (Lipinski definition) is 2. The first-order chi connectivity index (χ1) is 13.6. The lowest BCUT2D eigenvalue weighted by atomic mass is 10.2. The summed E-state index contributed by atoms with van der Waals surface area (Å²) in [6.45, 7) is 4.86. The molecule has 0 atom stereocenters. The number of carbonyl (C=O) groups excluding carboxylic acids is 1. The molecule has 7 heteroatoms. The van der Waals surface area contributed by atoms with Gasteiger partial charge in [-0.05, 0) is 50.0 Å². The quantitative estimate of drug-likeness (QED) is 0.391. The molecular weight excluding hydrogens is 374 g/mol. The van der Waals surface area contributed by atoms with Crippen LogP contribution in [0.15, 0.2) is 29.1 Å². The third-order valence-corrected chi connectivity index (χ3v) is 4.93. The van der Waals surface area contributed by atoms with Crippen LogP contribution in [0.3, 0.4) is 0 Å². The van der Waals surface area contributed by atoms with Crippen LogP contribution in [0.5, 0.6) is 0 Å². The third-order valence-electron chi connectivity index (χ3n) is 4.60. The first kappa shape index (κ1) is 22.3. The van der Waals surface area contributed by atoms with Gasteiger partial charge < -0.3 is 15.0 Å². The van der Waals surface area contributed by atoms with Crippen molar-refractivity contribution in [2.24, 2.45) is 0 Å². The second-order valence-corrected chi connectivity index (χ2v) is 7.30. The van der Waals surface area contributed by atoms with Crippen molar-refractivity contribution in [2.75, 3.05) is 19.8 Å². The van der Waals surface area contributed by atoms with Gasteiger partial charge in [0.2, 0.25) is 5.91 Å². The Morgan fingerprint density at radius 2 is 1.93 bits per heavy atom. The lowest BCUT2D eigenvalue weighted by Crippen LogP contribution is -2.25. The minimum atomic E-state index is -0.0572. The number of H-pyrrole nitrogens is 1. The minimum Gasteiger partial charge on any atom is -0.381 e. The number of hydrogen-bond acceptors (Lipinski definition) is 4. The van der Waals surface area contributed by atoms with Gasteiger partial charge in [0.05, 0.1) is 10.9 Å². The molecule has 1 heterocycles. The number of aromatic amines is 1. The summed E-state index contributed by atoms with van der Waals surface area (Å²) >= 11 is 5.31. The van der Waals surface area contributed by atoms with Crippen LogP contribution in [0, 0.1) is 4.77 Å². The largest absolute Gasteiger partial charge is 0.381 e. The molecule has 2 aromatic rings. The van der Waals surface area contributed by atoms with Crippen molar-refractivity contribution in [1.82, 2.24) is 14.9 Å². The van der Waals surface area contributed by atoms with Crippen LogP contribution in [0.2, 0.25) is 0 Å². The van der Waals surface area contributed by atoms with Crippen LogP contribution in [0.4, 0.5) is 0 Å². The third kappa shape index (κ3) is 7.20. The molecule has 0 aliphatic heterocycles. The Hall–Kier alpha value is -1.99. The van der Waals surface area contributed by atoms with Gasteiger partial charge in [-0.25, -0.2) is 0 Å². The molecule has 0 saturated carbocycles. The molecular formula is C21H31N3O3S. The van der Waals surface area contributed by atoms with Crippen molar-refractivity contribution in [2.45, 2.75) is 58.4 Å². The number of carbonyl (C=O) groups is 1. The fraction of sp³-hybridized carbons (Fsp3) is 0.571. The van der Waals surface area contributed by atoms with Gasteiger partial charge in [-0.3, -0.25) is 14.2 Å². The SMILES string of the molecule is CCCCOCCCNC(=O)CCCCCn1c(=S)[nH]c2ccccc2c1=O. The number of aromatic nitrogens is 2. The van der Waals surface area contributed by atoms with E-state index in [9.17, 15) is 9.59 Å². The van der Waals surface area contributed by atoms with Crippen molar-refractivity contribution in [1.29, 1.82) is 0 Å². The second kappa shape index (κ2) is 12.5. The number of fused-ring (bicyclic) bond motifs is 1. The van der Waals surface area contributed by atoms with E-state index in [1.165, 1.54) is 0 Å². The van der Waals surface area contributed by atoms with Crippen LogP contribution in [-0.2, 0) is 16.1 Å². The van der Waals surface area contributed by atoms with Gasteiger partial charge in [0.15, 0.2) is 4.77 Å². The lowest BCUT2D eigenvalue weighted by molar-refractivity contribution is -0.121. The monoisotopic (exact) mass is 405 g/mol. The fourth-order valence-corrected chi connectivity index (χ4v) is 3.26. The van der Waals surface area contributed by atoms with Gasteiger partial charge in [-0.1, -0.05) is 31.9 Å². The number of benzene rings is 1. The summed E-state index contributed by atoms with van der Waals surface area (Å²) in [6.07, 6.45) is 6.07. The molecule has 0 fully saturated rings. The van der Waals surface area contributed by atoms with Crippen molar-refractivity contribution in [3.63, 3.8) is 0 Å². The lowest BCUT2D eigenvalue weighted by Gasteiger charge is -2.08. The molecule has 0 aliphatic carbocycles. The Morgan fingerprint density at radius 3 is 2.75 bits per heavy atom. The predicted molar refractivity (Wildman–Crippen MR) is 115 cm³/mol. The van der Waals surface area contributed by atoms with Crippen LogP contribution in [0.1, 0.15) is 51.9 Å². The Labute approximate surface area is 171 Å². The predicted octanol–water partition coefficient (Wildman–Crippen LogP) is 3.94. The van der Waals surface area contributed by atoms with Gasteiger partial charge in [0.25, 0.3) is 5.56 Å². The summed E-state index contributed by atoms with van der Waals surface area (Å²) in [4.78, 5) is 27.5. The summed E-state index contributed by atoms with van der Waals surface area (Å²) in [5, 5.41) is 3.57. The van der Waals surface area contributed by atoms with Gasteiger partial charge in [-0.2, -0.15) is 0 Å². The molecule has 0 saturated heterocycles. The molecule has 28 heavy (non-hydrogen) atoms. The van der Waals surface area contributed by atoms with Crippen LogP contribution >= 0.6 is 12.2 Å². The smallest absolute Gasteiger partial charge is 0.262 e. The summed E-state index contributed by atoms with van der Waals surface area (Å²) in [7, 11) is 0. The first-order valence-corrected chi connectivity index (χ1v) is 10.6. The number of unbranched alkanes of at least 4 members (excludes halogenated alkanes) is 3. The van der Waals surface area contributed by atoms with Crippen molar-refractivity contribution in [3.8, 4) is 0 Å². The Balaban J connectivity index is 1.63. The molecule has 2 rings (SSSR count). The Kier molecular flexibility index (Phi) is 9.93. The molecule has 1 aromatic carbocycles. The van der Waals surface area contributed by atoms with Gasteiger partial charge >= 0.3 is 0 Å². The molecule has 0 radical (unpaired) electrons. The molecule has 0 unspecified atom stereocenters. The molecule has 0 spiro atoms. The van der Waals surface area contributed by atoms with Crippen molar-refractivity contribution < 1.29 is 9.53 Å². The number of ether oxygens (including phenoxy) is 1. The highest BCUT2D eigenvalue weighted by molar-refractivity contribution is 7.71. The number of nitrogens with one attached hydrogen (secondary N) is 2. The van der Waals surface area contributed by atoms with Crippen LogP contribution < -0.4 is 10.9 Å². The second-order valence-electron chi connectivity index (χ2n) is 6.91. The summed E-state index contributed by atoms with van der Waals surface area (Å²) in [5.74, 6) is 0.0775. The van der Waals surface area contributed by atoms with E-state index in [-0.39, 0.29) is 11.5 Å². The number of para-hydroxylation sites is 1.